The van der Waals surface area contributed by atoms with Crippen molar-refractivity contribution in [2.24, 2.45) is 0 Å². The summed E-state index contributed by atoms with van der Waals surface area (Å²) >= 11 is 0. The van der Waals surface area contributed by atoms with Gasteiger partial charge in [-0.3, -0.25) is 9.82 Å². The highest BCUT2D eigenvalue weighted by Gasteiger charge is 2.22. The van der Waals surface area contributed by atoms with Crippen LogP contribution in [0.3, 0.4) is 0 Å². The quantitative estimate of drug-likeness (QED) is 0.703. The lowest BCUT2D eigenvalue weighted by Crippen LogP contribution is -2.14. The highest BCUT2D eigenvalue weighted by atomic mass is 32.2. The maximum absolute atomic E-state index is 12.3. The van der Waals surface area contributed by atoms with Crippen molar-refractivity contribution in [1.82, 2.24) is 10.2 Å². The third-order valence-corrected chi connectivity index (χ3v) is 3.96. The minimum atomic E-state index is -3.84. The first kappa shape index (κ1) is 14.0. The van der Waals surface area contributed by atoms with Crippen LogP contribution in [0.25, 0.3) is 0 Å². The molecule has 0 amide bonds. The second-order valence-electron chi connectivity index (χ2n) is 3.84. The average Bonchev–Trinajstić information content (AvgIpc) is 2.90. The van der Waals surface area contributed by atoms with Crippen LogP contribution >= 0.6 is 0 Å². The van der Waals surface area contributed by atoms with Crippen molar-refractivity contribution in [2.75, 3.05) is 24.7 Å². The molecule has 20 heavy (non-hydrogen) atoms. The van der Waals surface area contributed by atoms with Gasteiger partial charge in [-0.2, -0.15) is 5.10 Å². The Hall–Kier alpha value is -2.42. The Morgan fingerprint density at radius 1 is 1.25 bits per heavy atom. The van der Waals surface area contributed by atoms with E-state index in [1.807, 2.05) is 0 Å². The van der Waals surface area contributed by atoms with Crippen LogP contribution in [0.4, 0.5) is 11.4 Å². The van der Waals surface area contributed by atoms with Crippen LogP contribution in [-0.2, 0) is 10.0 Å². The van der Waals surface area contributed by atoms with Gasteiger partial charge >= 0.3 is 0 Å². The summed E-state index contributed by atoms with van der Waals surface area (Å²) in [5.74, 6) is 0.469. The number of methoxy groups -OCH3 is 2. The molecule has 0 aliphatic carbocycles. The lowest BCUT2D eigenvalue weighted by atomic mass is 10.3. The molecule has 1 aromatic heterocycles. The van der Waals surface area contributed by atoms with Gasteiger partial charge in [0.2, 0.25) is 0 Å². The molecule has 2 rings (SSSR count). The lowest BCUT2D eigenvalue weighted by molar-refractivity contribution is 0.387. The highest BCUT2D eigenvalue weighted by molar-refractivity contribution is 7.92. The van der Waals surface area contributed by atoms with E-state index >= 15 is 0 Å². The van der Waals surface area contributed by atoms with E-state index in [2.05, 4.69) is 14.9 Å². The Balaban J connectivity index is 2.48. The second-order valence-corrected chi connectivity index (χ2v) is 5.49. The van der Waals surface area contributed by atoms with Crippen LogP contribution in [0, 0.1) is 0 Å². The average molecular weight is 298 g/mol. The Labute approximate surface area is 115 Å². The van der Waals surface area contributed by atoms with Crippen molar-refractivity contribution in [2.45, 2.75) is 4.90 Å². The molecule has 0 aliphatic rings. The van der Waals surface area contributed by atoms with Crippen molar-refractivity contribution in [3.63, 3.8) is 0 Å². The first-order valence-corrected chi connectivity index (χ1v) is 6.99. The molecule has 0 spiro atoms. The smallest absolute Gasteiger partial charge is 0.265 e. The Bertz CT molecular complexity index is 697. The molecule has 0 saturated carbocycles. The standard InChI is InChI=1S/C11H14N4O4S/c1-18-9-4-10(19-2)11(3-8(9)12)20(16,17)15-7-5-13-14-6-7/h3-6,15H,12H2,1-2H3,(H,13,14). The van der Waals surface area contributed by atoms with Crippen LogP contribution in [0.1, 0.15) is 0 Å². The van der Waals surface area contributed by atoms with Crippen LogP contribution in [-0.4, -0.2) is 32.8 Å². The Morgan fingerprint density at radius 3 is 2.50 bits per heavy atom. The van der Waals surface area contributed by atoms with Crippen molar-refractivity contribution < 1.29 is 17.9 Å². The van der Waals surface area contributed by atoms with Gasteiger partial charge in [0.15, 0.2) is 0 Å². The molecule has 0 aliphatic heterocycles. The van der Waals surface area contributed by atoms with Gasteiger partial charge in [-0.15, -0.1) is 0 Å². The maximum Gasteiger partial charge on any atom is 0.265 e. The first-order chi connectivity index (χ1) is 9.47. The normalized spacial score (nSPS) is 11.1. The summed E-state index contributed by atoms with van der Waals surface area (Å²) in [6.45, 7) is 0. The number of hydrogen-bond acceptors (Lipinski definition) is 6. The molecule has 0 saturated heterocycles. The number of ether oxygens (including phenoxy) is 2. The van der Waals surface area contributed by atoms with E-state index in [-0.39, 0.29) is 16.3 Å². The summed E-state index contributed by atoms with van der Waals surface area (Å²) in [5.41, 5.74) is 6.24. The molecule has 0 atom stereocenters. The highest BCUT2D eigenvalue weighted by Crippen LogP contribution is 2.34. The van der Waals surface area contributed by atoms with E-state index < -0.39 is 10.0 Å². The SMILES string of the molecule is COc1cc(OC)c(S(=O)(=O)Nc2cn[nH]c2)cc1N. The minimum absolute atomic E-state index is 0.0838. The zero-order chi connectivity index (χ0) is 14.8. The number of H-pyrrole nitrogens is 1. The Morgan fingerprint density at radius 2 is 1.95 bits per heavy atom. The molecular weight excluding hydrogens is 284 g/mol. The third kappa shape index (κ3) is 2.62. The molecule has 1 aromatic carbocycles. The minimum Gasteiger partial charge on any atom is -0.495 e. The number of nitrogens with two attached hydrogens (primary N) is 1. The predicted molar refractivity (Wildman–Crippen MR) is 73.4 cm³/mol. The van der Waals surface area contributed by atoms with Crippen LogP contribution in [0.5, 0.6) is 11.5 Å². The van der Waals surface area contributed by atoms with E-state index in [0.717, 1.165) is 0 Å². The number of aromatic amines is 1. The summed E-state index contributed by atoms with van der Waals surface area (Å²) in [7, 11) is -1.05. The van der Waals surface area contributed by atoms with E-state index in [1.165, 1.54) is 38.7 Å². The molecule has 9 heteroatoms. The first-order valence-electron chi connectivity index (χ1n) is 5.51. The predicted octanol–water partition coefficient (Wildman–Crippen LogP) is 0.810. The van der Waals surface area contributed by atoms with Crippen molar-refractivity contribution in [3.05, 3.63) is 24.5 Å². The van der Waals surface area contributed by atoms with Gasteiger partial charge < -0.3 is 15.2 Å². The number of hydrogen-bond donors (Lipinski definition) is 3. The van der Waals surface area contributed by atoms with Crippen LogP contribution in [0.15, 0.2) is 29.4 Å². The molecular formula is C11H14N4O4S. The number of anilines is 2. The van der Waals surface area contributed by atoms with Gasteiger partial charge in [0.25, 0.3) is 10.0 Å². The largest absolute Gasteiger partial charge is 0.495 e. The topological polar surface area (TPSA) is 119 Å². The maximum atomic E-state index is 12.3. The number of aromatic nitrogens is 2. The van der Waals surface area contributed by atoms with Gasteiger partial charge in [0.05, 0.1) is 31.8 Å². The van der Waals surface area contributed by atoms with Gasteiger partial charge in [0, 0.05) is 12.3 Å². The van der Waals surface area contributed by atoms with Crippen LogP contribution in [0.2, 0.25) is 0 Å². The molecule has 0 bridgehead atoms. The fraction of sp³-hybridized carbons (Fsp3) is 0.182. The number of rotatable bonds is 5. The summed E-state index contributed by atoms with van der Waals surface area (Å²) in [5, 5.41) is 6.17. The molecule has 0 unspecified atom stereocenters. The fourth-order valence-corrected chi connectivity index (χ4v) is 2.84. The molecule has 1 heterocycles. The Kier molecular flexibility index (Phi) is 3.70. The van der Waals surface area contributed by atoms with E-state index in [1.54, 1.807) is 0 Å². The number of nitrogens with one attached hydrogen (secondary N) is 2. The molecule has 4 N–H and O–H groups in total. The molecule has 0 fully saturated rings. The molecule has 8 nitrogen and oxygen atoms in total. The fourth-order valence-electron chi connectivity index (χ4n) is 1.62. The van der Waals surface area contributed by atoms with E-state index in [0.29, 0.717) is 11.4 Å². The van der Waals surface area contributed by atoms with Gasteiger partial charge in [-0.05, 0) is 6.07 Å². The van der Waals surface area contributed by atoms with E-state index in [4.69, 9.17) is 15.2 Å². The van der Waals surface area contributed by atoms with Gasteiger partial charge in [0.1, 0.15) is 16.4 Å². The van der Waals surface area contributed by atoms with Crippen molar-refractivity contribution in [3.8, 4) is 11.5 Å². The zero-order valence-corrected chi connectivity index (χ0v) is 11.7. The molecule has 2 aromatic rings. The number of nitrogens with zero attached hydrogens (tertiary/aromatic N) is 1. The summed E-state index contributed by atoms with van der Waals surface area (Å²) in [4.78, 5) is -0.0838. The van der Waals surface area contributed by atoms with Gasteiger partial charge in [-0.25, -0.2) is 8.42 Å². The zero-order valence-electron chi connectivity index (χ0n) is 10.9. The monoisotopic (exact) mass is 298 g/mol. The van der Waals surface area contributed by atoms with Crippen LogP contribution < -0.4 is 19.9 Å². The molecule has 108 valence electrons. The van der Waals surface area contributed by atoms with E-state index in [9.17, 15) is 8.42 Å². The summed E-state index contributed by atoms with van der Waals surface area (Å²) in [6, 6.07) is 2.69. The van der Waals surface area contributed by atoms with Crippen molar-refractivity contribution in [1.29, 1.82) is 0 Å². The van der Waals surface area contributed by atoms with Gasteiger partial charge in [-0.1, -0.05) is 0 Å². The molecule has 0 radical (unpaired) electrons. The second kappa shape index (κ2) is 5.29. The number of benzene rings is 1. The summed E-state index contributed by atoms with van der Waals surface area (Å²) in [6.07, 6.45) is 2.76. The lowest BCUT2D eigenvalue weighted by Gasteiger charge is -2.13. The number of nitrogen functional groups attached to an aromatic ring is 1. The number of sulfonamides is 1. The summed E-state index contributed by atoms with van der Waals surface area (Å²) < 4.78 is 37.1. The van der Waals surface area contributed by atoms with Crippen molar-refractivity contribution >= 4 is 21.4 Å². The third-order valence-electron chi connectivity index (χ3n) is 2.56.